The molecule has 3 atom stereocenters. The molecule has 6 heteroatoms. The van der Waals surface area contributed by atoms with E-state index >= 15 is 0 Å². The van der Waals surface area contributed by atoms with Crippen molar-refractivity contribution in [2.45, 2.75) is 45.3 Å². The first-order valence-corrected chi connectivity index (χ1v) is 6.88. The zero-order valence-electron chi connectivity index (χ0n) is 11.7. The number of rotatable bonds is 2. The average Bonchev–Trinajstić information content (AvgIpc) is 2.36. The Kier molecular flexibility index (Phi) is 4.11. The summed E-state index contributed by atoms with van der Waals surface area (Å²) in [5, 5.41) is 3.18. The minimum absolute atomic E-state index is 0.157. The first-order chi connectivity index (χ1) is 9.29. The zero-order valence-corrected chi connectivity index (χ0v) is 11.7. The number of alkyl halides is 3. The van der Waals surface area contributed by atoms with Crippen LogP contribution in [0.1, 0.15) is 38.8 Å². The monoisotopic (exact) mass is 287 g/mol. The summed E-state index contributed by atoms with van der Waals surface area (Å²) in [6.07, 6.45) is -0.175. The van der Waals surface area contributed by atoms with Crippen molar-refractivity contribution in [2.75, 3.05) is 11.1 Å². The molecule has 2 rings (SSSR count). The van der Waals surface area contributed by atoms with Gasteiger partial charge in [0.15, 0.2) is 0 Å². The predicted octanol–water partition coefficient (Wildman–Crippen LogP) is 3.92. The molecular weight excluding hydrogens is 267 g/mol. The van der Waals surface area contributed by atoms with Gasteiger partial charge in [-0.05, 0) is 24.3 Å². The maximum Gasteiger partial charge on any atom is 0.433 e. The van der Waals surface area contributed by atoms with E-state index in [0.717, 1.165) is 25.1 Å². The van der Waals surface area contributed by atoms with Gasteiger partial charge in [0, 0.05) is 6.04 Å². The Labute approximate surface area is 116 Å². The quantitative estimate of drug-likeness (QED) is 0.866. The second-order valence-electron chi connectivity index (χ2n) is 5.67. The van der Waals surface area contributed by atoms with Crippen LogP contribution in [0.15, 0.2) is 12.3 Å². The fraction of sp³-hybridized carbons (Fsp3) is 0.643. The van der Waals surface area contributed by atoms with E-state index in [2.05, 4.69) is 24.1 Å². The molecule has 112 valence electrons. The average molecular weight is 287 g/mol. The van der Waals surface area contributed by atoms with Gasteiger partial charge in [-0.1, -0.05) is 26.7 Å². The van der Waals surface area contributed by atoms with E-state index in [1.807, 2.05) is 0 Å². The van der Waals surface area contributed by atoms with Crippen LogP contribution in [0.3, 0.4) is 0 Å². The lowest BCUT2D eigenvalue weighted by atomic mass is 9.78. The van der Waals surface area contributed by atoms with Crippen molar-refractivity contribution in [1.82, 2.24) is 4.98 Å². The van der Waals surface area contributed by atoms with Crippen molar-refractivity contribution in [2.24, 2.45) is 11.8 Å². The highest BCUT2D eigenvalue weighted by Gasteiger charge is 2.33. The van der Waals surface area contributed by atoms with Crippen molar-refractivity contribution in [3.63, 3.8) is 0 Å². The summed E-state index contributed by atoms with van der Waals surface area (Å²) in [6, 6.07) is 1.16. The van der Waals surface area contributed by atoms with Gasteiger partial charge in [-0.15, -0.1) is 0 Å². The number of nitrogens with one attached hydrogen (secondary N) is 1. The third-order valence-electron chi connectivity index (χ3n) is 4.27. The van der Waals surface area contributed by atoms with Crippen molar-refractivity contribution in [1.29, 1.82) is 0 Å². The molecule has 1 aliphatic rings. The molecule has 20 heavy (non-hydrogen) atoms. The third kappa shape index (κ3) is 3.16. The minimum Gasteiger partial charge on any atom is -0.396 e. The first-order valence-electron chi connectivity index (χ1n) is 6.88. The van der Waals surface area contributed by atoms with E-state index in [9.17, 15) is 13.2 Å². The molecule has 3 nitrogen and oxygen atoms in total. The molecule has 1 fully saturated rings. The number of nitrogens with zero attached hydrogens (tertiary/aromatic N) is 1. The van der Waals surface area contributed by atoms with E-state index in [0.29, 0.717) is 17.5 Å². The topological polar surface area (TPSA) is 50.9 Å². The van der Waals surface area contributed by atoms with E-state index in [1.165, 1.54) is 6.42 Å². The highest BCUT2D eigenvalue weighted by Crippen LogP contribution is 2.35. The molecule has 0 bridgehead atoms. The Bertz CT molecular complexity index is 473. The van der Waals surface area contributed by atoms with Crippen LogP contribution in [0, 0.1) is 11.8 Å². The highest BCUT2D eigenvalue weighted by molar-refractivity contribution is 5.66. The lowest BCUT2D eigenvalue weighted by Crippen LogP contribution is -2.35. The Morgan fingerprint density at radius 2 is 2.00 bits per heavy atom. The Morgan fingerprint density at radius 1 is 1.30 bits per heavy atom. The van der Waals surface area contributed by atoms with Gasteiger partial charge in [0.2, 0.25) is 0 Å². The second-order valence-corrected chi connectivity index (χ2v) is 5.67. The minimum atomic E-state index is -4.45. The zero-order chi connectivity index (χ0) is 14.9. The lowest BCUT2D eigenvalue weighted by Gasteiger charge is -2.35. The number of hydrogen-bond acceptors (Lipinski definition) is 3. The molecule has 0 radical (unpaired) electrons. The molecule has 0 aliphatic heterocycles. The fourth-order valence-corrected chi connectivity index (χ4v) is 2.73. The number of halogens is 3. The molecule has 0 aromatic carbocycles. The number of aromatic nitrogens is 1. The summed E-state index contributed by atoms with van der Waals surface area (Å²) in [5.74, 6) is 0.969. The van der Waals surface area contributed by atoms with Crippen LogP contribution in [0.25, 0.3) is 0 Å². The summed E-state index contributed by atoms with van der Waals surface area (Å²) in [4.78, 5) is 3.35. The molecule has 1 aliphatic carbocycles. The van der Waals surface area contributed by atoms with Gasteiger partial charge in [-0.25, -0.2) is 4.98 Å². The van der Waals surface area contributed by atoms with Crippen molar-refractivity contribution in [3.8, 4) is 0 Å². The van der Waals surface area contributed by atoms with E-state index in [4.69, 9.17) is 5.73 Å². The number of hydrogen-bond donors (Lipinski definition) is 2. The summed E-state index contributed by atoms with van der Waals surface area (Å²) in [5.41, 5.74) is 5.41. The molecule has 1 saturated carbocycles. The van der Waals surface area contributed by atoms with Gasteiger partial charge in [-0.3, -0.25) is 0 Å². The molecule has 3 N–H and O–H groups in total. The van der Waals surface area contributed by atoms with Gasteiger partial charge in [0.1, 0.15) is 5.69 Å². The number of nitrogen functional groups attached to an aromatic ring is 1. The van der Waals surface area contributed by atoms with Crippen LogP contribution in [0.2, 0.25) is 0 Å². The van der Waals surface area contributed by atoms with Crippen molar-refractivity contribution < 1.29 is 13.2 Å². The van der Waals surface area contributed by atoms with E-state index in [1.54, 1.807) is 0 Å². The maximum atomic E-state index is 12.7. The normalized spacial score (nSPS) is 27.4. The molecule has 3 unspecified atom stereocenters. The number of pyridine rings is 1. The van der Waals surface area contributed by atoms with Crippen LogP contribution in [0.5, 0.6) is 0 Å². The van der Waals surface area contributed by atoms with E-state index in [-0.39, 0.29) is 11.7 Å². The summed E-state index contributed by atoms with van der Waals surface area (Å²) in [7, 11) is 0. The molecule has 1 aromatic rings. The molecule has 0 saturated heterocycles. The van der Waals surface area contributed by atoms with Crippen LogP contribution in [0.4, 0.5) is 24.5 Å². The largest absolute Gasteiger partial charge is 0.433 e. The second kappa shape index (κ2) is 5.50. The fourth-order valence-electron chi connectivity index (χ4n) is 2.73. The van der Waals surface area contributed by atoms with Gasteiger partial charge in [0.05, 0.1) is 17.6 Å². The Hall–Kier alpha value is -1.46. The van der Waals surface area contributed by atoms with Crippen molar-refractivity contribution >= 4 is 11.4 Å². The maximum absolute atomic E-state index is 12.7. The van der Waals surface area contributed by atoms with Gasteiger partial charge in [-0.2, -0.15) is 13.2 Å². The third-order valence-corrected chi connectivity index (χ3v) is 4.27. The van der Waals surface area contributed by atoms with Crippen LogP contribution >= 0.6 is 0 Å². The summed E-state index contributed by atoms with van der Waals surface area (Å²) < 4.78 is 38.1. The summed E-state index contributed by atoms with van der Waals surface area (Å²) in [6.45, 7) is 4.30. The van der Waals surface area contributed by atoms with Crippen molar-refractivity contribution in [3.05, 3.63) is 18.0 Å². The smallest absolute Gasteiger partial charge is 0.396 e. The SMILES string of the molecule is CC1CCCC(Nc2cc(C(F)(F)F)ncc2N)C1C. The highest BCUT2D eigenvalue weighted by atomic mass is 19.4. The first kappa shape index (κ1) is 14.9. The molecule has 1 heterocycles. The molecule has 1 aromatic heterocycles. The van der Waals surface area contributed by atoms with Crippen LogP contribution < -0.4 is 11.1 Å². The molecular formula is C14H20F3N3. The molecule has 0 spiro atoms. The van der Waals surface area contributed by atoms with Gasteiger partial charge >= 0.3 is 6.18 Å². The van der Waals surface area contributed by atoms with Crippen LogP contribution in [-0.4, -0.2) is 11.0 Å². The Balaban J connectivity index is 2.20. The Morgan fingerprint density at radius 3 is 2.65 bits per heavy atom. The summed E-state index contributed by atoms with van der Waals surface area (Å²) >= 11 is 0. The number of anilines is 2. The standard InChI is InChI=1S/C14H20F3N3/c1-8-4-3-5-11(9(8)2)20-12-6-13(14(15,16)17)19-7-10(12)18/h6-9,11H,3-5,18H2,1-2H3,(H,19,20). The number of nitrogens with two attached hydrogens (primary N) is 1. The van der Waals surface area contributed by atoms with Gasteiger partial charge < -0.3 is 11.1 Å². The van der Waals surface area contributed by atoms with E-state index < -0.39 is 11.9 Å². The predicted molar refractivity (Wildman–Crippen MR) is 73.2 cm³/mol. The van der Waals surface area contributed by atoms with Crippen LogP contribution in [-0.2, 0) is 6.18 Å². The lowest BCUT2D eigenvalue weighted by molar-refractivity contribution is -0.141. The molecule has 0 amide bonds. The van der Waals surface area contributed by atoms with Gasteiger partial charge in [0.25, 0.3) is 0 Å².